The zero-order valence-electron chi connectivity index (χ0n) is 19.6. The van der Waals surface area contributed by atoms with E-state index >= 15 is 0 Å². The number of carbonyl (C=O) groups excluding carboxylic acids is 2. The number of benzene rings is 1. The number of hydrogen-bond acceptors (Lipinski definition) is 6. The zero-order chi connectivity index (χ0) is 23.8. The molecule has 3 atom stereocenters. The van der Waals surface area contributed by atoms with Crippen LogP contribution >= 0.6 is 0 Å². The molecule has 0 spiro atoms. The van der Waals surface area contributed by atoms with Crippen LogP contribution in [0.15, 0.2) is 17.0 Å². The third-order valence-electron chi connectivity index (χ3n) is 7.00. The fourth-order valence-corrected chi connectivity index (χ4v) is 6.79. The quantitative estimate of drug-likeness (QED) is 0.645. The lowest BCUT2D eigenvalue weighted by molar-refractivity contribution is -0.126. The van der Waals surface area contributed by atoms with Crippen LogP contribution in [0.3, 0.4) is 0 Å². The molecule has 3 aliphatic rings. The van der Waals surface area contributed by atoms with Gasteiger partial charge in [0.05, 0.1) is 16.5 Å². The predicted octanol–water partition coefficient (Wildman–Crippen LogP) is 1.72. The molecule has 3 aliphatic heterocycles. The monoisotopic (exact) mass is 478 g/mol. The van der Waals surface area contributed by atoms with Crippen molar-refractivity contribution in [3.63, 3.8) is 0 Å². The number of likely N-dealkylation sites (N-methyl/N-ethyl adjacent to an activating group) is 1. The molecule has 10 heteroatoms. The third kappa shape index (κ3) is 4.88. The summed E-state index contributed by atoms with van der Waals surface area (Å²) in [6.45, 7) is 8.65. The number of ether oxygens (including phenoxy) is 1. The Morgan fingerprint density at radius 1 is 1.24 bits per heavy atom. The molecule has 2 saturated heterocycles. The molecule has 1 aromatic rings. The second-order valence-electron chi connectivity index (χ2n) is 9.24. The van der Waals surface area contributed by atoms with E-state index in [1.54, 1.807) is 19.9 Å². The zero-order valence-corrected chi connectivity index (χ0v) is 20.4. The molecule has 9 nitrogen and oxygen atoms in total. The van der Waals surface area contributed by atoms with Crippen molar-refractivity contribution >= 4 is 27.5 Å². The highest BCUT2D eigenvalue weighted by Gasteiger charge is 2.36. The first-order valence-electron chi connectivity index (χ1n) is 11.8. The SMILES string of the molecule is CCN1CCC[C@@H]1CNC(=O)[C@H]1CCCN(S(=O)(=O)c2cc3c(cc2C)NC(=O)[C@H](C)O3)C1. The number of rotatable bonds is 6. The molecule has 182 valence electrons. The fourth-order valence-electron chi connectivity index (χ4n) is 5.04. The number of piperidine rings is 1. The van der Waals surface area contributed by atoms with Crippen molar-refractivity contribution in [1.82, 2.24) is 14.5 Å². The maximum absolute atomic E-state index is 13.5. The molecule has 0 aliphatic carbocycles. The molecule has 0 aromatic heterocycles. The molecule has 0 radical (unpaired) electrons. The minimum absolute atomic E-state index is 0.0695. The number of hydrogen-bond donors (Lipinski definition) is 2. The van der Waals surface area contributed by atoms with Crippen LogP contribution in [-0.4, -0.2) is 74.3 Å². The molecule has 0 bridgehead atoms. The van der Waals surface area contributed by atoms with Crippen molar-refractivity contribution in [1.29, 1.82) is 0 Å². The summed E-state index contributed by atoms with van der Waals surface area (Å²) in [6.07, 6.45) is 2.85. The van der Waals surface area contributed by atoms with Gasteiger partial charge in [0, 0.05) is 31.7 Å². The summed E-state index contributed by atoms with van der Waals surface area (Å²) in [5.41, 5.74) is 0.998. The van der Waals surface area contributed by atoms with Crippen LogP contribution in [0.2, 0.25) is 0 Å². The van der Waals surface area contributed by atoms with E-state index in [1.165, 1.54) is 10.4 Å². The lowest BCUT2D eigenvalue weighted by atomic mass is 9.98. The standard InChI is InChI=1S/C23H34N4O5S/c1-4-26-9-6-8-18(26)13-24-23(29)17-7-5-10-27(14-17)33(30,31)21-12-20-19(11-15(21)2)25-22(28)16(3)32-20/h11-12,16-18H,4-10,13-14H2,1-3H3,(H,24,29)(H,25,28)/t16-,17-,18+/m0/s1. The number of amides is 2. The number of carbonyl (C=O) groups is 2. The van der Waals surface area contributed by atoms with Crippen molar-refractivity contribution in [3.05, 3.63) is 17.7 Å². The molecule has 4 rings (SSSR count). The Balaban J connectivity index is 1.46. The van der Waals surface area contributed by atoms with Crippen LogP contribution in [0.1, 0.15) is 45.1 Å². The lowest BCUT2D eigenvalue weighted by Crippen LogP contribution is -2.47. The van der Waals surface area contributed by atoms with Gasteiger partial charge in [-0.05, 0) is 64.3 Å². The Labute approximate surface area is 195 Å². The van der Waals surface area contributed by atoms with Crippen LogP contribution in [0.4, 0.5) is 5.69 Å². The van der Waals surface area contributed by atoms with E-state index in [9.17, 15) is 18.0 Å². The highest BCUT2D eigenvalue weighted by Crippen LogP contribution is 2.36. The molecule has 0 saturated carbocycles. The van der Waals surface area contributed by atoms with Crippen molar-refractivity contribution in [3.8, 4) is 5.75 Å². The van der Waals surface area contributed by atoms with Gasteiger partial charge in [0.2, 0.25) is 15.9 Å². The first-order chi connectivity index (χ1) is 15.7. The molecule has 1 aromatic carbocycles. The van der Waals surface area contributed by atoms with Crippen LogP contribution in [0.5, 0.6) is 5.75 Å². The summed E-state index contributed by atoms with van der Waals surface area (Å²) in [4.78, 5) is 27.3. The van der Waals surface area contributed by atoms with Crippen molar-refractivity contribution in [2.75, 3.05) is 38.0 Å². The minimum atomic E-state index is -3.81. The molecule has 2 fully saturated rings. The lowest BCUT2D eigenvalue weighted by Gasteiger charge is -2.32. The Kier molecular flexibility index (Phi) is 6.97. The Morgan fingerprint density at radius 2 is 2.00 bits per heavy atom. The average molecular weight is 479 g/mol. The van der Waals surface area contributed by atoms with Gasteiger partial charge >= 0.3 is 0 Å². The van der Waals surface area contributed by atoms with Crippen LogP contribution in [0.25, 0.3) is 0 Å². The topological polar surface area (TPSA) is 108 Å². The summed E-state index contributed by atoms with van der Waals surface area (Å²) < 4.78 is 34.0. The van der Waals surface area contributed by atoms with E-state index in [1.807, 2.05) is 0 Å². The van der Waals surface area contributed by atoms with Gasteiger partial charge < -0.3 is 15.4 Å². The summed E-state index contributed by atoms with van der Waals surface area (Å²) >= 11 is 0. The van der Waals surface area contributed by atoms with Gasteiger partial charge in [0.1, 0.15) is 5.75 Å². The van der Waals surface area contributed by atoms with Crippen molar-refractivity contribution in [2.45, 2.75) is 63.5 Å². The third-order valence-corrected chi connectivity index (χ3v) is 9.01. The maximum atomic E-state index is 13.5. The van der Waals surface area contributed by atoms with E-state index < -0.39 is 16.1 Å². The van der Waals surface area contributed by atoms with E-state index in [0.717, 1.165) is 25.9 Å². The first kappa shape index (κ1) is 24.0. The second-order valence-corrected chi connectivity index (χ2v) is 11.1. The van der Waals surface area contributed by atoms with Gasteiger partial charge in [-0.3, -0.25) is 14.5 Å². The van der Waals surface area contributed by atoms with Crippen LogP contribution in [-0.2, 0) is 19.6 Å². The first-order valence-corrected chi connectivity index (χ1v) is 13.3. The largest absolute Gasteiger partial charge is 0.479 e. The van der Waals surface area contributed by atoms with E-state index in [2.05, 4.69) is 22.5 Å². The summed E-state index contributed by atoms with van der Waals surface area (Å²) in [5.74, 6) is -0.352. The minimum Gasteiger partial charge on any atom is -0.479 e. The normalized spacial score (nSPS) is 26.4. The molecule has 2 N–H and O–H groups in total. The van der Waals surface area contributed by atoms with Gasteiger partial charge in [-0.25, -0.2) is 8.42 Å². The van der Waals surface area contributed by atoms with Crippen LogP contribution < -0.4 is 15.4 Å². The summed E-state index contributed by atoms with van der Waals surface area (Å²) in [6, 6.07) is 3.48. The van der Waals surface area contributed by atoms with Crippen LogP contribution in [0, 0.1) is 12.8 Å². The van der Waals surface area contributed by atoms with Gasteiger partial charge in [-0.1, -0.05) is 6.92 Å². The molecular formula is C23H34N4O5S. The van der Waals surface area contributed by atoms with E-state index in [4.69, 9.17) is 4.74 Å². The molecule has 3 heterocycles. The fraction of sp³-hybridized carbons (Fsp3) is 0.652. The number of aryl methyl sites for hydroxylation is 1. The number of sulfonamides is 1. The molecule has 0 unspecified atom stereocenters. The van der Waals surface area contributed by atoms with Gasteiger partial charge in [-0.2, -0.15) is 4.31 Å². The smallest absolute Gasteiger partial charge is 0.265 e. The molecule has 2 amide bonds. The number of nitrogens with zero attached hydrogens (tertiary/aromatic N) is 2. The Bertz CT molecular complexity index is 1030. The highest BCUT2D eigenvalue weighted by atomic mass is 32.2. The van der Waals surface area contributed by atoms with Gasteiger partial charge in [0.25, 0.3) is 5.91 Å². The number of fused-ring (bicyclic) bond motifs is 1. The highest BCUT2D eigenvalue weighted by molar-refractivity contribution is 7.89. The summed E-state index contributed by atoms with van der Waals surface area (Å²) in [7, 11) is -3.81. The van der Waals surface area contributed by atoms with Crippen molar-refractivity contribution in [2.24, 2.45) is 5.92 Å². The second kappa shape index (κ2) is 9.60. The van der Waals surface area contributed by atoms with E-state index in [0.29, 0.717) is 49.0 Å². The number of nitrogens with one attached hydrogen (secondary N) is 2. The predicted molar refractivity (Wildman–Crippen MR) is 125 cm³/mol. The average Bonchev–Trinajstić information content (AvgIpc) is 3.26. The van der Waals surface area contributed by atoms with Gasteiger partial charge in [-0.15, -0.1) is 0 Å². The molecular weight excluding hydrogens is 444 g/mol. The number of anilines is 1. The maximum Gasteiger partial charge on any atom is 0.265 e. The number of likely N-dealkylation sites (tertiary alicyclic amines) is 1. The van der Waals surface area contributed by atoms with Gasteiger partial charge in [0.15, 0.2) is 6.10 Å². The Morgan fingerprint density at radius 3 is 2.76 bits per heavy atom. The summed E-state index contributed by atoms with van der Waals surface area (Å²) in [5, 5.41) is 5.82. The molecule has 33 heavy (non-hydrogen) atoms. The van der Waals surface area contributed by atoms with E-state index in [-0.39, 0.29) is 29.2 Å². The Hall–Kier alpha value is -2.17. The van der Waals surface area contributed by atoms with Crippen molar-refractivity contribution < 1.29 is 22.7 Å².